The van der Waals surface area contributed by atoms with Crippen molar-refractivity contribution in [2.45, 2.75) is 64.5 Å². The van der Waals surface area contributed by atoms with Gasteiger partial charge >= 0.3 is 0 Å². The molecule has 2 fully saturated rings. The molecule has 118 valence electrons. The van der Waals surface area contributed by atoms with Gasteiger partial charge in [0, 0.05) is 32.3 Å². The van der Waals surface area contributed by atoms with Crippen molar-refractivity contribution in [3.63, 3.8) is 0 Å². The van der Waals surface area contributed by atoms with E-state index < -0.39 is 0 Å². The van der Waals surface area contributed by atoms with Crippen molar-refractivity contribution < 1.29 is 4.74 Å². The normalized spacial score (nSPS) is 32.5. The van der Waals surface area contributed by atoms with Gasteiger partial charge in [0.2, 0.25) is 0 Å². The summed E-state index contributed by atoms with van der Waals surface area (Å²) >= 11 is 0. The number of nitrogens with zero attached hydrogens (tertiary/aromatic N) is 1. The Labute approximate surface area is 125 Å². The van der Waals surface area contributed by atoms with Crippen LogP contribution >= 0.6 is 0 Å². The van der Waals surface area contributed by atoms with Crippen molar-refractivity contribution in [3.05, 3.63) is 0 Å². The summed E-state index contributed by atoms with van der Waals surface area (Å²) in [5.74, 6) is 2.51. The summed E-state index contributed by atoms with van der Waals surface area (Å²) in [5.41, 5.74) is 6.41. The Morgan fingerprint density at radius 3 is 2.60 bits per heavy atom. The number of ether oxygens (including phenoxy) is 1. The quantitative estimate of drug-likeness (QED) is 0.744. The fourth-order valence-corrected chi connectivity index (χ4v) is 3.81. The number of hydrogen-bond acceptors (Lipinski definition) is 3. The molecular formula is C17H34N2O. The van der Waals surface area contributed by atoms with Crippen molar-refractivity contribution in [2.75, 3.05) is 26.8 Å². The minimum atomic E-state index is 0.411. The SMILES string of the molecule is CCC1CCC(N)C(CN(CCOC)C(C)C2CC2)C1. The molecule has 0 aromatic heterocycles. The van der Waals surface area contributed by atoms with Gasteiger partial charge in [0.25, 0.3) is 0 Å². The van der Waals surface area contributed by atoms with E-state index >= 15 is 0 Å². The Bertz CT molecular complexity index is 280. The van der Waals surface area contributed by atoms with Crippen molar-refractivity contribution in [3.8, 4) is 0 Å². The molecule has 2 aliphatic carbocycles. The summed E-state index contributed by atoms with van der Waals surface area (Å²) in [6, 6.07) is 1.12. The molecule has 0 spiro atoms. The third-order valence-corrected chi connectivity index (χ3v) is 5.66. The Kier molecular flexibility index (Phi) is 6.31. The number of methoxy groups -OCH3 is 1. The zero-order valence-electron chi connectivity index (χ0n) is 13.7. The molecule has 0 aromatic carbocycles. The van der Waals surface area contributed by atoms with E-state index in [1.807, 2.05) is 0 Å². The van der Waals surface area contributed by atoms with Crippen LogP contribution < -0.4 is 5.73 Å². The Balaban J connectivity index is 1.90. The highest BCUT2D eigenvalue weighted by molar-refractivity contribution is 4.89. The van der Waals surface area contributed by atoms with Crippen LogP contribution in [0.3, 0.4) is 0 Å². The zero-order chi connectivity index (χ0) is 14.5. The van der Waals surface area contributed by atoms with E-state index in [0.717, 1.165) is 25.0 Å². The largest absolute Gasteiger partial charge is 0.383 e. The lowest BCUT2D eigenvalue weighted by atomic mass is 9.77. The summed E-state index contributed by atoms with van der Waals surface area (Å²) in [6.45, 7) is 7.82. The van der Waals surface area contributed by atoms with Gasteiger partial charge in [-0.3, -0.25) is 4.90 Å². The summed E-state index contributed by atoms with van der Waals surface area (Å²) < 4.78 is 5.31. The smallest absolute Gasteiger partial charge is 0.0589 e. The first-order valence-corrected chi connectivity index (χ1v) is 8.64. The van der Waals surface area contributed by atoms with Crippen molar-refractivity contribution >= 4 is 0 Å². The molecule has 0 radical (unpaired) electrons. The first kappa shape index (κ1) is 16.3. The monoisotopic (exact) mass is 282 g/mol. The maximum atomic E-state index is 6.41. The summed E-state index contributed by atoms with van der Waals surface area (Å²) in [5, 5.41) is 0. The van der Waals surface area contributed by atoms with E-state index in [2.05, 4.69) is 18.7 Å². The third-order valence-electron chi connectivity index (χ3n) is 5.66. The summed E-state index contributed by atoms with van der Waals surface area (Å²) in [6.07, 6.45) is 8.04. The van der Waals surface area contributed by atoms with Crippen LogP contribution in [0.25, 0.3) is 0 Å². The Morgan fingerprint density at radius 1 is 1.25 bits per heavy atom. The number of nitrogens with two attached hydrogens (primary N) is 1. The molecule has 0 heterocycles. The molecule has 2 N–H and O–H groups in total. The molecule has 0 aromatic rings. The lowest BCUT2D eigenvalue weighted by Gasteiger charge is -2.39. The van der Waals surface area contributed by atoms with Crippen LogP contribution in [0.15, 0.2) is 0 Å². The molecule has 3 nitrogen and oxygen atoms in total. The van der Waals surface area contributed by atoms with Crippen LogP contribution in [-0.2, 0) is 4.74 Å². The first-order chi connectivity index (χ1) is 9.65. The fourth-order valence-electron chi connectivity index (χ4n) is 3.81. The predicted molar refractivity (Wildman–Crippen MR) is 84.7 cm³/mol. The minimum Gasteiger partial charge on any atom is -0.383 e. The Morgan fingerprint density at radius 2 is 2.00 bits per heavy atom. The molecule has 0 saturated heterocycles. The van der Waals surface area contributed by atoms with E-state index in [1.165, 1.54) is 45.1 Å². The van der Waals surface area contributed by atoms with Crippen molar-refractivity contribution in [1.29, 1.82) is 0 Å². The fraction of sp³-hybridized carbons (Fsp3) is 1.00. The van der Waals surface area contributed by atoms with Gasteiger partial charge in [-0.1, -0.05) is 13.3 Å². The van der Waals surface area contributed by atoms with Gasteiger partial charge < -0.3 is 10.5 Å². The highest BCUT2D eigenvalue weighted by Gasteiger charge is 2.35. The van der Waals surface area contributed by atoms with Crippen LogP contribution in [0.4, 0.5) is 0 Å². The highest BCUT2D eigenvalue weighted by Crippen LogP contribution is 2.37. The lowest BCUT2D eigenvalue weighted by molar-refractivity contribution is 0.0828. The Hall–Kier alpha value is -0.120. The molecule has 0 amide bonds. The molecule has 2 rings (SSSR count). The molecule has 0 aliphatic heterocycles. The molecule has 20 heavy (non-hydrogen) atoms. The van der Waals surface area contributed by atoms with Crippen LogP contribution in [-0.4, -0.2) is 43.8 Å². The third kappa shape index (κ3) is 4.44. The van der Waals surface area contributed by atoms with Crippen LogP contribution in [0.2, 0.25) is 0 Å². The van der Waals surface area contributed by atoms with E-state index in [4.69, 9.17) is 10.5 Å². The topological polar surface area (TPSA) is 38.5 Å². The average molecular weight is 282 g/mol. The van der Waals surface area contributed by atoms with Crippen LogP contribution in [0.1, 0.15) is 52.4 Å². The second kappa shape index (κ2) is 7.77. The van der Waals surface area contributed by atoms with Gasteiger partial charge in [-0.05, 0) is 56.8 Å². The number of hydrogen-bond donors (Lipinski definition) is 1. The van der Waals surface area contributed by atoms with Gasteiger partial charge in [-0.25, -0.2) is 0 Å². The van der Waals surface area contributed by atoms with Gasteiger partial charge in [-0.2, -0.15) is 0 Å². The van der Waals surface area contributed by atoms with Gasteiger partial charge in [0.1, 0.15) is 0 Å². The molecule has 0 bridgehead atoms. The van der Waals surface area contributed by atoms with E-state index in [1.54, 1.807) is 7.11 Å². The molecule has 4 atom stereocenters. The molecule has 2 aliphatic rings. The lowest BCUT2D eigenvalue weighted by Crippen LogP contribution is -2.47. The first-order valence-electron chi connectivity index (χ1n) is 8.64. The zero-order valence-corrected chi connectivity index (χ0v) is 13.7. The van der Waals surface area contributed by atoms with Crippen LogP contribution in [0, 0.1) is 17.8 Å². The van der Waals surface area contributed by atoms with Gasteiger partial charge in [0.15, 0.2) is 0 Å². The predicted octanol–water partition coefficient (Wildman–Crippen LogP) is 2.89. The van der Waals surface area contributed by atoms with E-state index in [9.17, 15) is 0 Å². The molecular weight excluding hydrogens is 248 g/mol. The second-order valence-electron chi connectivity index (χ2n) is 7.08. The molecule has 3 heteroatoms. The highest BCUT2D eigenvalue weighted by atomic mass is 16.5. The average Bonchev–Trinajstić information content (AvgIpc) is 3.29. The minimum absolute atomic E-state index is 0.411. The van der Waals surface area contributed by atoms with Crippen LogP contribution in [0.5, 0.6) is 0 Å². The maximum Gasteiger partial charge on any atom is 0.0589 e. The molecule has 4 unspecified atom stereocenters. The van der Waals surface area contributed by atoms with Gasteiger partial charge in [0.05, 0.1) is 6.61 Å². The van der Waals surface area contributed by atoms with Crippen molar-refractivity contribution in [2.24, 2.45) is 23.5 Å². The van der Waals surface area contributed by atoms with Gasteiger partial charge in [-0.15, -0.1) is 0 Å². The molecule has 2 saturated carbocycles. The second-order valence-corrected chi connectivity index (χ2v) is 7.08. The van der Waals surface area contributed by atoms with E-state index in [-0.39, 0.29) is 0 Å². The number of rotatable bonds is 8. The standard InChI is InChI=1S/C17H34N2O/c1-4-14-5-8-17(18)16(11-14)12-19(9-10-20-3)13(2)15-6-7-15/h13-17H,4-12,18H2,1-3H3. The van der Waals surface area contributed by atoms with Crippen molar-refractivity contribution in [1.82, 2.24) is 4.90 Å². The summed E-state index contributed by atoms with van der Waals surface area (Å²) in [4.78, 5) is 2.66. The summed E-state index contributed by atoms with van der Waals surface area (Å²) in [7, 11) is 1.80. The maximum absolute atomic E-state index is 6.41. The van der Waals surface area contributed by atoms with E-state index in [0.29, 0.717) is 18.0 Å².